The first-order chi connectivity index (χ1) is 6.97. The molecule has 1 heterocycles. The van der Waals surface area contributed by atoms with Gasteiger partial charge in [0.1, 0.15) is 0 Å². The highest BCUT2D eigenvalue weighted by molar-refractivity contribution is 7.87. The van der Waals surface area contributed by atoms with Gasteiger partial charge in [-0.2, -0.15) is 17.4 Å². The molecule has 1 aliphatic heterocycles. The Kier molecular flexibility index (Phi) is 4.55. The van der Waals surface area contributed by atoms with Crippen molar-refractivity contribution < 1.29 is 8.42 Å². The molecule has 1 aliphatic rings. The van der Waals surface area contributed by atoms with E-state index in [4.69, 9.17) is 0 Å². The van der Waals surface area contributed by atoms with Gasteiger partial charge in [-0.25, -0.2) is 0 Å². The summed E-state index contributed by atoms with van der Waals surface area (Å²) in [5.74, 6) is 0. The molecule has 5 heteroatoms. The molecule has 1 fully saturated rings. The minimum atomic E-state index is -3.26. The fourth-order valence-corrected chi connectivity index (χ4v) is 3.59. The maximum absolute atomic E-state index is 12.0. The number of nitrogens with zero attached hydrogens (tertiary/aromatic N) is 1. The lowest BCUT2D eigenvalue weighted by molar-refractivity contribution is 0.264. The van der Waals surface area contributed by atoms with Crippen LogP contribution in [-0.4, -0.2) is 31.4 Å². The van der Waals surface area contributed by atoms with Crippen LogP contribution in [0, 0.1) is 0 Å². The second-order valence-electron chi connectivity index (χ2n) is 4.39. The Labute approximate surface area is 93.2 Å². The molecule has 1 saturated heterocycles. The minimum Gasteiger partial charge on any atom is -0.199 e. The molecule has 4 nitrogen and oxygen atoms in total. The number of hydrogen-bond donors (Lipinski definition) is 1. The molecule has 1 rings (SSSR count). The van der Waals surface area contributed by atoms with Gasteiger partial charge >= 0.3 is 0 Å². The summed E-state index contributed by atoms with van der Waals surface area (Å²) in [5, 5.41) is 0. The van der Waals surface area contributed by atoms with E-state index in [0.717, 1.165) is 25.7 Å². The van der Waals surface area contributed by atoms with Crippen LogP contribution in [0.25, 0.3) is 0 Å². The molecule has 0 bridgehead atoms. The van der Waals surface area contributed by atoms with Gasteiger partial charge in [0.05, 0.1) is 0 Å². The lowest BCUT2D eigenvalue weighted by atomic mass is 10.1. The lowest BCUT2D eigenvalue weighted by Gasteiger charge is -2.33. The molecule has 0 radical (unpaired) electrons. The molecule has 2 atom stereocenters. The van der Waals surface area contributed by atoms with Gasteiger partial charge in [0.15, 0.2) is 0 Å². The van der Waals surface area contributed by atoms with Crippen molar-refractivity contribution in [1.29, 1.82) is 0 Å². The summed E-state index contributed by atoms with van der Waals surface area (Å²) in [7, 11) is -3.26. The van der Waals surface area contributed by atoms with Gasteiger partial charge in [-0.15, -0.1) is 0 Å². The van der Waals surface area contributed by atoms with Crippen molar-refractivity contribution in [3.8, 4) is 0 Å². The first kappa shape index (κ1) is 12.9. The average molecular weight is 234 g/mol. The zero-order valence-electron chi connectivity index (χ0n) is 9.86. The summed E-state index contributed by atoms with van der Waals surface area (Å²) in [6.07, 6.45) is 3.91. The van der Waals surface area contributed by atoms with Gasteiger partial charge in [0, 0.05) is 18.6 Å². The maximum atomic E-state index is 12.0. The molecule has 90 valence electrons. The van der Waals surface area contributed by atoms with Crippen LogP contribution < -0.4 is 4.72 Å². The van der Waals surface area contributed by atoms with Gasteiger partial charge in [0.25, 0.3) is 10.2 Å². The first-order valence-electron chi connectivity index (χ1n) is 5.76. The van der Waals surface area contributed by atoms with Gasteiger partial charge in [0.2, 0.25) is 0 Å². The van der Waals surface area contributed by atoms with E-state index < -0.39 is 10.2 Å². The second-order valence-corrected chi connectivity index (χ2v) is 6.04. The Hall–Kier alpha value is -0.130. The molecule has 0 aromatic carbocycles. The summed E-state index contributed by atoms with van der Waals surface area (Å²) in [6.45, 7) is 6.51. The van der Waals surface area contributed by atoms with Crippen molar-refractivity contribution in [2.24, 2.45) is 0 Å². The molecule has 0 unspecified atom stereocenters. The van der Waals surface area contributed by atoms with Gasteiger partial charge < -0.3 is 0 Å². The van der Waals surface area contributed by atoms with Crippen LogP contribution in [0.15, 0.2) is 0 Å². The normalized spacial score (nSPS) is 26.5. The second kappa shape index (κ2) is 5.27. The topological polar surface area (TPSA) is 49.4 Å². The molecule has 1 N–H and O–H groups in total. The van der Waals surface area contributed by atoms with Crippen molar-refractivity contribution >= 4 is 10.2 Å². The highest BCUT2D eigenvalue weighted by atomic mass is 32.2. The van der Waals surface area contributed by atoms with Gasteiger partial charge in [-0.3, -0.25) is 0 Å². The summed E-state index contributed by atoms with van der Waals surface area (Å²) in [4.78, 5) is 0. The largest absolute Gasteiger partial charge is 0.279 e. The first-order valence-corrected chi connectivity index (χ1v) is 7.20. The number of rotatable bonds is 4. The van der Waals surface area contributed by atoms with Crippen LogP contribution in [0.5, 0.6) is 0 Å². The highest BCUT2D eigenvalue weighted by Gasteiger charge is 2.29. The van der Waals surface area contributed by atoms with E-state index >= 15 is 0 Å². The van der Waals surface area contributed by atoms with Crippen LogP contribution in [0.1, 0.15) is 46.5 Å². The molecular weight excluding hydrogens is 212 g/mol. The summed E-state index contributed by atoms with van der Waals surface area (Å²) in [5.41, 5.74) is 0. The number of hydrogen-bond acceptors (Lipinski definition) is 2. The molecule has 0 saturated carbocycles. The van der Waals surface area contributed by atoms with Crippen molar-refractivity contribution in [3.05, 3.63) is 0 Å². The Balaban J connectivity index is 2.67. The smallest absolute Gasteiger partial charge is 0.199 e. The van der Waals surface area contributed by atoms with E-state index in [-0.39, 0.29) is 12.1 Å². The van der Waals surface area contributed by atoms with Crippen LogP contribution in [0.4, 0.5) is 0 Å². The van der Waals surface area contributed by atoms with Crippen molar-refractivity contribution in [3.63, 3.8) is 0 Å². The predicted molar refractivity (Wildman–Crippen MR) is 61.8 cm³/mol. The van der Waals surface area contributed by atoms with E-state index in [1.54, 1.807) is 4.31 Å². The Morgan fingerprint density at radius 2 is 2.13 bits per heavy atom. The molecule has 0 spiro atoms. The zero-order valence-corrected chi connectivity index (χ0v) is 10.7. The monoisotopic (exact) mass is 234 g/mol. The van der Waals surface area contributed by atoms with E-state index in [1.807, 2.05) is 20.8 Å². The van der Waals surface area contributed by atoms with E-state index in [1.165, 1.54) is 0 Å². The summed E-state index contributed by atoms with van der Waals surface area (Å²) >= 11 is 0. The Morgan fingerprint density at radius 1 is 1.47 bits per heavy atom. The summed E-state index contributed by atoms with van der Waals surface area (Å²) < 4.78 is 28.3. The fourth-order valence-electron chi connectivity index (χ4n) is 1.83. The standard InChI is InChI=1S/C10H22N2O2S/c1-4-9(2)11-15(13,14)12-8-6-5-7-10(12)3/h9-11H,4-8H2,1-3H3/t9-,10-/m0/s1. The quantitative estimate of drug-likeness (QED) is 0.801. The van der Waals surface area contributed by atoms with Crippen LogP contribution in [0.2, 0.25) is 0 Å². The van der Waals surface area contributed by atoms with Crippen molar-refractivity contribution in [2.45, 2.75) is 58.5 Å². The minimum absolute atomic E-state index is 0.0177. The molecule has 15 heavy (non-hydrogen) atoms. The van der Waals surface area contributed by atoms with E-state index in [0.29, 0.717) is 6.54 Å². The molecule has 0 amide bonds. The Morgan fingerprint density at radius 3 is 2.67 bits per heavy atom. The number of nitrogens with one attached hydrogen (secondary N) is 1. The molecule has 0 aromatic rings. The van der Waals surface area contributed by atoms with Crippen LogP contribution >= 0.6 is 0 Å². The summed E-state index contributed by atoms with van der Waals surface area (Å²) in [6, 6.07) is 0.157. The Bertz CT molecular complexity index is 290. The van der Waals surface area contributed by atoms with Gasteiger partial charge in [-0.1, -0.05) is 13.3 Å². The van der Waals surface area contributed by atoms with E-state index in [2.05, 4.69) is 4.72 Å². The van der Waals surface area contributed by atoms with Crippen LogP contribution in [0.3, 0.4) is 0 Å². The lowest BCUT2D eigenvalue weighted by Crippen LogP contribution is -2.49. The third kappa shape index (κ3) is 3.43. The predicted octanol–water partition coefficient (Wildman–Crippen LogP) is 1.49. The van der Waals surface area contributed by atoms with E-state index in [9.17, 15) is 8.42 Å². The molecular formula is C10H22N2O2S. The third-order valence-electron chi connectivity index (χ3n) is 3.01. The molecule has 0 aromatic heterocycles. The van der Waals surface area contributed by atoms with Gasteiger partial charge in [-0.05, 0) is 33.1 Å². The van der Waals surface area contributed by atoms with Crippen molar-refractivity contribution in [2.75, 3.05) is 6.54 Å². The maximum Gasteiger partial charge on any atom is 0.279 e. The zero-order chi connectivity index (χ0) is 11.5. The SMILES string of the molecule is CC[C@H](C)NS(=O)(=O)N1CCCC[C@@H]1C. The fraction of sp³-hybridized carbons (Fsp3) is 1.00. The highest BCUT2D eigenvalue weighted by Crippen LogP contribution is 2.19. The van der Waals surface area contributed by atoms with Crippen molar-refractivity contribution in [1.82, 2.24) is 9.03 Å². The number of piperidine rings is 1. The molecule has 0 aliphatic carbocycles. The third-order valence-corrected chi connectivity index (χ3v) is 4.87. The average Bonchev–Trinajstić information content (AvgIpc) is 2.17. The van der Waals surface area contributed by atoms with Crippen LogP contribution in [-0.2, 0) is 10.2 Å².